The quantitative estimate of drug-likeness (QED) is 0.274. The average Bonchev–Trinajstić information content (AvgIpc) is 2.33. The molecule has 0 aliphatic carbocycles. The van der Waals surface area contributed by atoms with Crippen LogP contribution in [0.5, 0.6) is 5.75 Å². The van der Waals surface area contributed by atoms with Crippen molar-refractivity contribution in [3.63, 3.8) is 0 Å². The molecule has 1 rings (SSSR count). The van der Waals surface area contributed by atoms with Gasteiger partial charge in [-0.1, -0.05) is 30.6 Å². The van der Waals surface area contributed by atoms with Crippen LogP contribution >= 0.6 is 11.6 Å². The van der Waals surface area contributed by atoms with Crippen molar-refractivity contribution in [2.75, 3.05) is 6.61 Å². The molecule has 0 unspecified atom stereocenters. The first-order valence-corrected chi connectivity index (χ1v) is 6.05. The smallest absolute Gasteiger partial charge is 0.144 e. The van der Waals surface area contributed by atoms with Gasteiger partial charge in [0, 0.05) is 17.7 Å². The first-order chi connectivity index (χ1) is 8.45. The van der Waals surface area contributed by atoms with Crippen molar-refractivity contribution in [2.24, 2.45) is 16.3 Å². The molecule has 18 heavy (non-hydrogen) atoms. The summed E-state index contributed by atoms with van der Waals surface area (Å²) in [6, 6.07) is 1.71. The summed E-state index contributed by atoms with van der Waals surface area (Å²) in [5.41, 5.74) is 5.25. The molecule has 0 saturated carbocycles. The normalized spacial score (nSPS) is 12.5. The highest BCUT2D eigenvalue weighted by atomic mass is 35.5. The first-order valence-electron chi connectivity index (χ1n) is 5.67. The van der Waals surface area contributed by atoms with Crippen LogP contribution in [0.25, 0.3) is 0 Å². The summed E-state index contributed by atoms with van der Waals surface area (Å²) in [6.07, 6.45) is 4.71. The summed E-state index contributed by atoms with van der Waals surface area (Å²) in [6.45, 7) is 4.37. The molecule has 0 amide bonds. The predicted molar refractivity (Wildman–Crippen MR) is 71.2 cm³/mol. The molecule has 6 heteroatoms. The number of nitrogens with zero attached hydrogens (tertiary/aromatic N) is 2. The van der Waals surface area contributed by atoms with Crippen molar-refractivity contribution in [1.29, 1.82) is 0 Å². The van der Waals surface area contributed by atoms with Gasteiger partial charge in [-0.2, -0.15) is 0 Å². The number of oxime groups is 1. The van der Waals surface area contributed by atoms with Gasteiger partial charge in [0.05, 0.1) is 17.8 Å². The zero-order valence-electron chi connectivity index (χ0n) is 10.6. The predicted octanol–water partition coefficient (Wildman–Crippen LogP) is 2.67. The maximum Gasteiger partial charge on any atom is 0.144 e. The van der Waals surface area contributed by atoms with Crippen molar-refractivity contribution in [1.82, 2.24) is 4.98 Å². The Morgan fingerprint density at radius 1 is 1.56 bits per heavy atom. The maximum atomic E-state index is 8.64. The Bertz CT molecular complexity index is 422. The molecule has 0 spiro atoms. The summed E-state index contributed by atoms with van der Waals surface area (Å²) in [5.74, 6) is 0.871. The van der Waals surface area contributed by atoms with Crippen LogP contribution in [0, 0.1) is 5.41 Å². The van der Waals surface area contributed by atoms with Crippen LogP contribution in [0.4, 0.5) is 0 Å². The fraction of sp³-hybridized carbons (Fsp3) is 0.500. The summed E-state index contributed by atoms with van der Waals surface area (Å²) in [5, 5.41) is 12.2. The molecule has 3 N–H and O–H groups in total. The third-order valence-electron chi connectivity index (χ3n) is 2.70. The Labute approximate surface area is 112 Å². The van der Waals surface area contributed by atoms with Crippen LogP contribution in [0.2, 0.25) is 5.02 Å². The van der Waals surface area contributed by atoms with Gasteiger partial charge in [-0.3, -0.25) is 4.98 Å². The lowest BCUT2D eigenvalue weighted by atomic mass is 9.87. The third kappa shape index (κ3) is 4.41. The van der Waals surface area contributed by atoms with Gasteiger partial charge in [0.1, 0.15) is 11.6 Å². The van der Waals surface area contributed by atoms with E-state index in [2.05, 4.69) is 10.1 Å². The van der Waals surface area contributed by atoms with E-state index >= 15 is 0 Å². The van der Waals surface area contributed by atoms with E-state index in [0.29, 0.717) is 17.4 Å². The Morgan fingerprint density at radius 2 is 2.28 bits per heavy atom. The molecule has 0 saturated heterocycles. The molecule has 0 fully saturated rings. The highest BCUT2D eigenvalue weighted by molar-refractivity contribution is 6.30. The molecule has 0 aromatic carbocycles. The fourth-order valence-corrected chi connectivity index (χ4v) is 1.60. The van der Waals surface area contributed by atoms with E-state index in [1.54, 1.807) is 18.5 Å². The number of ether oxygens (including phenoxy) is 1. The largest absolute Gasteiger partial charge is 0.492 e. The van der Waals surface area contributed by atoms with E-state index in [9.17, 15) is 0 Å². The second-order valence-electron chi connectivity index (χ2n) is 4.66. The van der Waals surface area contributed by atoms with Gasteiger partial charge >= 0.3 is 0 Å². The zero-order valence-corrected chi connectivity index (χ0v) is 11.3. The van der Waals surface area contributed by atoms with Crippen LogP contribution in [0.1, 0.15) is 26.7 Å². The molecular formula is C12H18ClN3O2. The second-order valence-corrected chi connectivity index (χ2v) is 5.10. The van der Waals surface area contributed by atoms with Gasteiger partial charge in [-0.25, -0.2) is 0 Å². The Kier molecular flexibility index (Phi) is 5.22. The minimum absolute atomic E-state index is 0.229. The lowest BCUT2D eigenvalue weighted by Crippen LogP contribution is -2.32. The van der Waals surface area contributed by atoms with Crippen molar-refractivity contribution in [2.45, 2.75) is 26.7 Å². The van der Waals surface area contributed by atoms with E-state index in [-0.39, 0.29) is 11.3 Å². The number of hydrogen-bond donors (Lipinski definition) is 2. The van der Waals surface area contributed by atoms with E-state index < -0.39 is 0 Å². The number of pyridine rings is 1. The zero-order chi connectivity index (χ0) is 13.6. The maximum absolute atomic E-state index is 8.64. The van der Waals surface area contributed by atoms with E-state index in [0.717, 1.165) is 12.8 Å². The second kappa shape index (κ2) is 6.44. The number of hydrogen-bond acceptors (Lipinski definition) is 4. The summed E-state index contributed by atoms with van der Waals surface area (Å²) >= 11 is 5.79. The Morgan fingerprint density at radius 3 is 2.89 bits per heavy atom. The number of halogens is 1. The molecular weight excluding hydrogens is 254 g/mol. The average molecular weight is 272 g/mol. The number of nitrogens with two attached hydrogens (primary N) is 1. The molecule has 0 atom stereocenters. The number of amidine groups is 1. The van der Waals surface area contributed by atoms with Gasteiger partial charge in [0.25, 0.3) is 0 Å². The minimum Gasteiger partial charge on any atom is -0.492 e. The van der Waals surface area contributed by atoms with E-state index in [4.69, 9.17) is 27.3 Å². The number of aromatic nitrogens is 1. The Balaban J connectivity index is 2.35. The standard InChI is InChI=1S/C12H18ClN3O2/c1-12(2,11(14)16-17)4-3-5-18-10-6-9(13)7-15-8-10/h6-8,17H,3-5H2,1-2H3,(H2,14,16). The van der Waals surface area contributed by atoms with Gasteiger partial charge in [-0.05, 0) is 12.8 Å². The topological polar surface area (TPSA) is 80.7 Å². The lowest BCUT2D eigenvalue weighted by Gasteiger charge is -2.22. The molecule has 1 aromatic heterocycles. The van der Waals surface area contributed by atoms with Crippen molar-refractivity contribution in [3.05, 3.63) is 23.5 Å². The van der Waals surface area contributed by atoms with Crippen LogP contribution in [0.15, 0.2) is 23.6 Å². The van der Waals surface area contributed by atoms with Gasteiger partial charge in [-0.15, -0.1) is 0 Å². The summed E-state index contributed by atoms with van der Waals surface area (Å²) in [4.78, 5) is 3.92. The highest BCUT2D eigenvalue weighted by Gasteiger charge is 2.22. The number of rotatable bonds is 6. The molecule has 0 radical (unpaired) electrons. The van der Waals surface area contributed by atoms with Crippen LogP contribution < -0.4 is 10.5 Å². The molecule has 1 aromatic rings. The lowest BCUT2D eigenvalue weighted by molar-refractivity contribution is 0.277. The Hall–Kier alpha value is -1.49. The van der Waals surface area contributed by atoms with Crippen LogP contribution in [-0.2, 0) is 0 Å². The minimum atomic E-state index is -0.343. The molecule has 100 valence electrons. The van der Waals surface area contributed by atoms with Crippen molar-refractivity contribution < 1.29 is 9.94 Å². The SMILES string of the molecule is CC(C)(CCCOc1cncc(Cl)c1)C(N)=NO. The summed E-state index contributed by atoms with van der Waals surface area (Å²) < 4.78 is 5.51. The molecule has 1 heterocycles. The fourth-order valence-electron chi connectivity index (χ4n) is 1.44. The molecule has 0 bridgehead atoms. The van der Waals surface area contributed by atoms with Gasteiger partial charge in [0.2, 0.25) is 0 Å². The van der Waals surface area contributed by atoms with E-state index in [1.807, 2.05) is 13.8 Å². The van der Waals surface area contributed by atoms with E-state index in [1.165, 1.54) is 0 Å². The monoisotopic (exact) mass is 271 g/mol. The summed E-state index contributed by atoms with van der Waals surface area (Å²) in [7, 11) is 0. The van der Waals surface area contributed by atoms with Crippen LogP contribution in [-0.4, -0.2) is 22.6 Å². The van der Waals surface area contributed by atoms with Crippen LogP contribution in [0.3, 0.4) is 0 Å². The third-order valence-corrected chi connectivity index (χ3v) is 2.90. The molecule has 5 nitrogen and oxygen atoms in total. The van der Waals surface area contributed by atoms with Gasteiger partial charge < -0.3 is 15.7 Å². The first kappa shape index (κ1) is 14.6. The van der Waals surface area contributed by atoms with Crippen molar-refractivity contribution in [3.8, 4) is 5.75 Å². The highest BCUT2D eigenvalue weighted by Crippen LogP contribution is 2.23. The molecule has 0 aliphatic heterocycles. The molecule has 0 aliphatic rings. The van der Waals surface area contributed by atoms with Crippen molar-refractivity contribution >= 4 is 17.4 Å². The van der Waals surface area contributed by atoms with Gasteiger partial charge in [0.15, 0.2) is 0 Å².